The lowest BCUT2D eigenvalue weighted by molar-refractivity contribution is 0.315. The molecule has 0 radical (unpaired) electrons. The fraction of sp³-hybridized carbons (Fsp3) is 0.538. The molecule has 1 aromatic carbocycles. The molecule has 6 heteroatoms. The molecule has 0 unspecified atom stereocenters. The number of halogens is 1. The Labute approximate surface area is 120 Å². The molecule has 1 aromatic rings. The van der Waals surface area contributed by atoms with Crippen LogP contribution < -0.4 is 4.74 Å². The standard InChI is InChI=1S/C13H20ClNO3S/c1-4-8-18-13-7-6-12(9-11(13)10-14)19(16,17)15(3)5-2/h6-7,9H,4-5,8,10H2,1-3H3. The van der Waals surface area contributed by atoms with Crippen molar-refractivity contribution < 1.29 is 13.2 Å². The normalized spacial score (nSPS) is 11.8. The zero-order chi connectivity index (χ0) is 14.5. The maximum absolute atomic E-state index is 12.2. The molecule has 0 aliphatic carbocycles. The predicted octanol–water partition coefficient (Wildman–Crippen LogP) is 2.85. The van der Waals surface area contributed by atoms with Gasteiger partial charge in [0, 0.05) is 19.2 Å². The lowest BCUT2D eigenvalue weighted by Crippen LogP contribution is -2.26. The van der Waals surface area contributed by atoms with Crippen molar-refractivity contribution in [3.8, 4) is 5.75 Å². The molecule has 0 saturated heterocycles. The average Bonchev–Trinajstić information content (AvgIpc) is 2.43. The average molecular weight is 306 g/mol. The van der Waals surface area contributed by atoms with E-state index in [0.29, 0.717) is 24.5 Å². The van der Waals surface area contributed by atoms with Crippen LogP contribution in [0.3, 0.4) is 0 Å². The molecular formula is C13H20ClNO3S. The molecule has 0 saturated carbocycles. The van der Waals surface area contributed by atoms with E-state index in [-0.39, 0.29) is 10.8 Å². The van der Waals surface area contributed by atoms with Crippen molar-refractivity contribution in [1.82, 2.24) is 4.31 Å². The Morgan fingerprint density at radius 3 is 2.53 bits per heavy atom. The zero-order valence-electron chi connectivity index (χ0n) is 11.5. The summed E-state index contributed by atoms with van der Waals surface area (Å²) < 4.78 is 31.2. The van der Waals surface area contributed by atoms with Crippen molar-refractivity contribution in [3.05, 3.63) is 23.8 Å². The first-order chi connectivity index (χ1) is 8.97. The predicted molar refractivity (Wildman–Crippen MR) is 77.3 cm³/mol. The maximum atomic E-state index is 12.2. The van der Waals surface area contributed by atoms with Gasteiger partial charge < -0.3 is 4.74 Å². The molecule has 19 heavy (non-hydrogen) atoms. The van der Waals surface area contributed by atoms with Gasteiger partial charge in [-0.15, -0.1) is 11.6 Å². The fourth-order valence-corrected chi connectivity index (χ4v) is 2.96. The summed E-state index contributed by atoms with van der Waals surface area (Å²) in [5.74, 6) is 0.869. The van der Waals surface area contributed by atoms with Crippen molar-refractivity contribution in [1.29, 1.82) is 0 Å². The molecule has 1 rings (SSSR count). The van der Waals surface area contributed by atoms with Gasteiger partial charge in [-0.3, -0.25) is 0 Å². The number of hydrogen-bond donors (Lipinski definition) is 0. The SMILES string of the molecule is CCCOc1ccc(S(=O)(=O)N(C)CC)cc1CCl. The van der Waals surface area contributed by atoms with E-state index in [4.69, 9.17) is 16.3 Å². The Morgan fingerprint density at radius 1 is 1.32 bits per heavy atom. The van der Waals surface area contributed by atoms with Crippen LogP contribution in [0.5, 0.6) is 5.75 Å². The number of rotatable bonds is 7. The van der Waals surface area contributed by atoms with Crippen molar-refractivity contribution in [3.63, 3.8) is 0 Å². The van der Waals surface area contributed by atoms with Crippen LogP contribution >= 0.6 is 11.6 Å². The van der Waals surface area contributed by atoms with E-state index in [1.54, 1.807) is 32.2 Å². The summed E-state index contributed by atoms with van der Waals surface area (Å²) in [4.78, 5) is 0.247. The van der Waals surface area contributed by atoms with Crippen LogP contribution in [-0.2, 0) is 15.9 Å². The minimum absolute atomic E-state index is 0.220. The molecule has 0 heterocycles. The van der Waals surface area contributed by atoms with Crippen LogP contribution in [0.2, 0.25) is 0 Å². The second-order valence-electron chi connectivity index (χ2n) is 4.17. The third kappa shape index (κ3) is 3.84. The molecule has 0 aromatic heterocycles. The number of alkyl halides is 1. The van der Waals surface area contributed by atoms with Crippen molar-refractivity contribution in [2.24, 2.45) is 0 Å². The van der Waals surface area contributed by atoms with Crippen LogP contribution in [-0.4, -0.2) is 32.9 Å². The molecule has 0 amide bonds. The largest absolute Gasteiger partial charge is 0.493 e. The molecule has 0 N–H and O–H groups in total. The van der Waals surface area contributed by atoms with Crippen LogP contribution in [0.4, 0.5) is 0 Å². The highest BCUT2D eigenvalue weighted by molar-refractivity contribution is 7.89. The summed E-state index contributed by atoms with van der Waals surface area (Å²) in [6.45, 7) is 4.81. The Morgan fingerprint density at radius 2 is 2.00 bits per heavy atom. The van der Waals surface area contributed by atoms with Crippen molar-refractivity contribution in [2.75, 3.05) is 20.2 Å². The molecule has 108 valence electrons. The lowest BCUT2D eigenvalue weighted by Gasteiger charge is -2.16. The number of nitrogens with zero attached hydrogens (tertiary/aromatic N) is 1. The number of ether oxygens (including phenoxy) is 1. The highest BCUT2D eigenvalue weighted by atomic mass is 35.5. The summed E-state index contributed by atoms with van der Waals surface area (Å²) in [5.41, 5.74) is 0.695. The molecule has 0 aliphatic rings. The van der Waals surface area contributed by atoms with Gasteiger partial charge in [0.15, 0.2) is 0 Å². The third-order valence-corrected chi connectivity index (χ3v) is 5.01. The van der Waals surface area contributed by atoms with Gasteiger partial charge >= 0.3 is 0 Å². The van der Waals surface area contributed by atoms with Crippen LogP contribution in [0.25, 0.3) is 0 Å². The molecule has 0 spiro atoms. The Hall–Kier alpha value is -0.780. The summed E-state index contributed by atoms with van der Waals surface area (Å²) in [7, 11) is -1.89. The quantitative estimate of drug-likeness (QED) is 0.728. The number of sulfonamides is 1. The summed E-state index contributed by atoms with van der Waals surface area (Å²) in [5, 5.41) is 0. The molecular weight excluding hydrogens is 286 g/mol. The van der Waals surface area contributed by atoms with Crippen LogP contribution in [0, 0.1) is 0 Å². The molecule has 4 nitrogen and oxygen atoms in total. The lowest BCUT2D eigenvalue weighted by atomic mass is 10.2. The van der Waals surface area contributed by atoms with Crippen molar-refractivity contribution >= 4 is 21.6 Å². The highest BCUT2D eigenvalue weighted by Crippen LogP contribution is 2.25. The van der Waals surface area contributed by atoms with Gasteiger partial charge in [-0.1, -0.05) is 13.8 Å². The monoisotopic (exact) mass is 305 g/mol. The second-order valence-corrected chi connectivity index (χ2v) is 6.48. The number of benzene rings is 1. The van der Waals surface area contributed by atoms with Crippen molar-refractivity contribution in [2.45, 2.75) is 31.0 Å². The first-order valence-corrected chi connectivity index (χ1v) is 8.22. The van der Waals surface area contributed by atoms with Crippen LogP contribution in [0.1, 0.15) is 25.8 Å². The van der Waals surface area contributed by atoms with Gasteiger partial charge in [-0.05, 0) is 24.6 Å². The van der Waals surface area contributed by atoms with E-state index in [2.05, 4.69) is 0 Å². The van der Waals surface area contributed by atoms with E-state index in [1.807, 2.05) is 6.92 Å². The molecule has 0 fully saturated rings. The number of hydrogen-bond acceptors (Lipinski definition) is 3. The van der Waals surface area contributed by atoms with E-state index >= 15 is 0 Å². The van der Waals surface area contributed by atoms with E-state index in [9.17, 15) is 8.42 Å². The first-order valence-electron chi connectivity index (χ1n) is 6.25. The Bertz CT molecular complexity index is 517. The highest BCUT2D eigenvalue weighted by Gasteiger charge is 2.20. The molecule has 0 bridgehead atoms. The Kier molecular flexibility index (Phi) is 6.10. The minimum Gasteiger partial charge on any atom is -0.493 e. The van der Waals surface area contributed by atoms with E-state index in [0.717, 1.165) is 6.42 Å². The van der Waals surface area contributed by atoms with Gasteiger partial charge in [0.05, 0.1) is 17.4 Å². The molecule has 0 atom stereocenters. The van der Waals surface area contributed by atoms with Crippen LogP contribution in [0.15, 0.2) is 23.1 Å². The van der Waals surface area contributed by atoms with Gasteiger partial charge in [0.25, 0.3) is 0 Å². The fourth-order valence-electron chi connectivity index (χ4n) is 1.52. The molecule has 0 aliphatic heterocycles. The van der Waals surface area contributed by atoms with E-state index in [1.165, 1.54) is 4.31 Å². The summed E-state index contributed by atoms with van der Waals surface area (Å²) >= 11 is 5.86. The minimum atomic E-state index is -3.44. The topological polar surface area (TPSA) is 46.6 Å². The van der Waals surface area contributed by atoms with Gasteiger partial charge in [-0.25, -0.2) is 12.7 Å². The smallest absolute Gasteiger partial charge is 0.242 e. The first kappa shape index (κ1) is 16.3. The third-order valence-electron chi connectivity index (χ3n) is 2.79. The van der Waals surface area contributed by atoms with Gasteiger partial charge in [0.1, 0.15) is 5.75 Å². The Balaban J connectivity index is 3.13. The van der Waals surface area contributed by atoms with Gasteiger partial charge in [-0.2, -0.15) is 0 Å². The summed E-state index contributed by atoms with van der Waals surface area (Å²) in [6, 6.07) is 4.81. The summed E-state index contributed by atoms with van der Waals surface area (Å²) in [6.07, 6.45) is 0.889. The maximum Gasteiger partial charge on any atom is 0.242 e. The second kappa shape index (κ2) is 7.12. The van der Waals surface area contributed by atoms with Gasteiger partial charge in [0.2, 0.25) is 10.0 Å². The van der Waals surface area contributed by atoms with E-state index < -0.39 is 10.0 Å². The zero-order valence-corrected chi connectivity index (χ0v) is 13.1.